The third-order valence-corrected chi connectivity index (χ3v) is 5.31. The molecular formula is C17H15N3O3S. The molecule has 0 atom stereocenters. The molecule has 1 amide bonds. The normalized spacial score (nSPS) is 13.5. The van der Waals surface area contributed by atoms with Crippen molar-refractivity contribution in [3.05, 3.63) is 55.9 Å². The van der Waals surface area contributed by atoms with Crippen molar-refractivity contribution in [2.75, 3.05) is 5.32 Å². The van der Waals surface area contributed by atoms with Crippen LogP contribution in [0, 0.1) is 21.4 Å². The van der Waals surface area contributed by atoms with E-state index in [-0.39, 0.29) is 11.6 Å². The summed E-state index contributed by atoms with van der Waals surface area (Å²) in [6.07, 6.45) is 5.16. The molecule has 1 heterocycles. The van der Waals surface area contributed by atoms with Crippen LogP contribution < -0.4 is 5.32 Å². The van der Waals surface area contributed by atoms with Gasteiger partial charge in [0.25, 0.3) is 11.6 Å². The first-order chi connectivity index (χ1) is 11.6. The van der Waals surface area contributed by atoms with Crippen LogP contribution in [0.3, 0.4) is 0 Å². The number of carbonyl (C=O) groups excluding carboxylic acids is 1. The fourth-order valence-electron chi connectivity index (χ4n) is 2.86. The molecule has 0 bridgehead atoms. The van der Waals surface area contributed by atoms with Gasteiger partial charge in [0.05, 0.1) is 10.5 Å². The Morgan fingerprint density at radius 1 is 1.21 bits per heavy atom. The summed E-state index contributed by atoms with van der Waals surface area (Å²) >= 11 is 1.47. The van der Waals surface area contributed by atoms with Crippen LogP contribution in [0.1, 0.15) is 45.6 Å². The maximum atomic E-state index is 12.4. The lowest BCUT2D eigenvalue weighted by molar-refractivity contribution is -0.384. The Hall–Kier alpha value is -2.72. The zero-order valence-corrected chi connectivity index (χ0v) is 13.7. The lowest BCUT2D eigenvalue weighted by Crippen LogP contribution is -2.11. The Kier molecular flexibility index (Phi) is 4.58. The number of nitro groups is 1. The van der Waals surface area contributed by atoms with Crippen LogP contribution in [0.5, 0.6) is 0 Å². The summed E-state index contributed by atoms with van der Waals surface area (Å²) in [5.41, 5.74) is 1.89. The second kappa shape index (κ2) is 6.81. The number of fused-ring (bicyclic) bond motifs is 1. The number of thiophene rings is 1. The van der Waals surface area contributed by atoms with E-state index < -0.39 is 4.92 Å². The Morgan fingerprint density at radius 2 is 1.92 bits per heavy atom. The number of aryl methyl sites for hydroxylation is 1. The van der Waals surface area contributed by atoms with Gasteiger partial charge in [-0.05, 0) is 43.4 Å². The summed E-state index contributed by atoms with van der Waals surface area (Å²) in [5.74, 6) is -0.363. The van der Waals surface area contributed by atoms with E-state index in [1.165, 1.54) is 40.5 Å². The molecule has 6 nitrogen and oxygen atoms in total. The fraction of sp³-hybridized carbons (Fsp3) is 0.294. The van der Waals surface area contributed by atoms with Gasteiger partial charge in [-0.15, -0.1) is 11.3 Å². The molecule has 0 unspecified atom stereocenters. The third kappa shape index (κ3) is 3.14. The molecule has 0 aliphatic heterocycles. The van der Waals surface area contributed by atoms with Crippen molar-refractivity contribution in [1.82, 2.24) is 0 Å². The topological polar surface area (TPSA) is 96.0 Å². The van der Waals surface area contributed by atoms with Crippen LogP contribution in [-0.2, 0) is 12.8 Å². The summed E-state index contributed by atoms with van der Waals surface area (Å²) in [6.45, 7) is 0. The fourth-order valence-corrected chi connectivity index (χ4v) is 4.09. The summed E-state index contributed by atoms with van der Waals surface area (Å²) in [5, 5.41) is 23.5. The predicted molar refractivity (Wildman–Crippen MR) is 91.3 cm³/mol. The maximum Gasteiger partial charge on any atom is 0.269 e. The standard InChI is InChI=1S/C17H15N3O3S/c18-10-14-13-4-2-1-3-5-15(13)24-17(14)19-16(21)11-6-8-12(9-7-11)20(22)23/h6-9H,1-5H2,(H,19,21). The van der Waals surface area contributed by atoms with Crippen LogP contribution in [-0.4, -0.2) is 10.8 Å². The minimum Gasteiger partial charge on any atom is -0.312 e. The molecule has 2 aromatic rings. The Morgan fingerprint density at radius 3 is 2.58 bits per heavy atom. The maximum absolute atomic E-state index is 12.4. The number of rotatable bonds is 3. The molecule has 0 fully saturated rings. The number of hydrogen-bond acceptors (Lipinski definition) is 5. The number of carbonyl (C=O) groups is 1. The minimum atomic E-state index is -0.508. The van der Waals surface area contributed by atoms with Crippen LogP contribution >= 0.6 is 11.3 Å². The van der Waals surface area contributed by atoms with Crippen molar-refractivity contribution in [3.8, 4) is 6.07 Å². The number of nitro benzene ring substituents is 1. The van der Waals surface area contributed by atoms with Crippen LogP contribution in [0.4, 0.5) is 10.7 Å². The predicted octanol–water partition coefficient (Wildman–Crippen LogP) is 4.05. The van der Waals surface area contributed by atoms with Gasteiger partial charge in [-0.3, -0.25) is 14.9 Å². The third-order valence-electron chi connectivity index (χ3n) is 4.10. The molecule has 1 aromatic heterocycles. The summed E-state index contributed by atoms with van der Waals surface area (Å²) in [7, 11) is 0. The van der Waals surface area contributed by atoms with E-state index >= 15 is 0 Å². The zero-order valence-electron chi connectivity index (χ0n) is 12.9. The average molecular weight is 341 g/mol. The van der Waals surface area contributed by atoms with Gasteiger partial charge >= 0.3 is 0 Å². The smallest absolute Gasteiger partial charge is 0.269 e. The Labute approximate surface area is 142 Å². The molecular weight excluding hydrogens is 326 g/mol. The first-order valence-corrected chi connectivity index (χ1v) is 8.52. The lowest BCUT2D eigenvalue weighted by atomic mass is 10.1. The largest absolute Gasteiger partial charge is 0.312 e. The van der Waals surface area contributed by atoms with Gasteiger partial charge in [0.2, 0.25) is 0 Å². The Bertz CT molecular complexity index is 834. The molecule has 0 radical (unpaired) electrons. The van der Waals surface area contributed by atoms with E-state index in [0.29, 0.717) is 16.1 Å². The molecule has 1 aliphatic rings. The highest BCUT2D eigenvalue weighted by atomic mass is 32.1. The number of nitrogens with one attached hydrogen (secondary N) is 1. The molecule has 1 N–H and O–H groups in total. The van der Waals surface area contributed by atoms with Gasteiger partial charge in [0.1, 0.15) is 11.1 Å². The van der Waals surface area contributed by atoms with Gasteiger partial charge < -0.3 is 5.32 Å². The van der Waals surface area contributed by atoms with Gasteiger partial charge in [-0.2, -0.15) is 5.26 Å². The molecule has 0 spiro atoms. The molecule has 1 aliphatic carbocycles. The van der Waals surface area contributed by atoms with E-state index in [4.69, 9.17) is 0 Å². The van der Waals surface area contributed by atoms with E-state index in [0.717, 1.165) is 37.7 Å². The molecule has 0 saturated carbocycles. The average Bonchev–Trinajstić information content (AvgIpc) is 2.75. The quantitative estimate of drug-likeness (QED) is 0.517. The molecule has 1 aromatic carbocycles. The molecule has 24 heavy (non-hydrogen) atoms. The number of non-ortho nitro benzene ring substituents is 1. The Balaban J connectivity index is 1.84. The van der Waals surface area contributed by atoms with Crippen molar-refractivity contribution >= 4 is 27.9 Å². The van der Waals surface area contributed by atoms with Gasteiger partial charge in [0, 0.05) is 22.6 Å². The zero-order chi connectivity index (χ0) is 17.1. The molecule has 0 saturated heterocycles. The van der Waals surface area contributed by atoms with E-state index in [1.54, 1.807) is 0 Å². The van der Waals surface area contributed by atoms with Crippen LogP contribution in [0.15, 0.2) is 24.3 Å². The molecule has 122 valence electrons. The number of benzene rings is 1. The van der Waals surface area contributed by atoms with E-state index in [2.05, 4.69) is 11.4 Å². The number of hydrogen-bond donors (Lipinski definition) is 1. The molecule has 3 rings (SSSR count). The van der Waals surface area contributed by atoms with Crippen molar-refractivity contribution in [2.45, 2.75) is 32.1 Å². The van der Waals surface area contributed by atoms with Gasteiger partial charge in [-0.25, -0.2) is 0 Å². The SMILES string of the molecule is N#Cc1c(NC(=O)c2ccc([N+](=O)[O-])cc2)sc2c1CCCCC2. The van der Waals surface area contributed by atoms with Crippen molar-refractivity contribution in [3.63, 3.8) is 0 Å². The molecule has 7 heteroatoms. The minimum absolute atomic E-state index is 0.0629. The van der Waals surface area contributed by atoms with Crippen LogP contribution in [0.2, 0.25) is 0 Å². The number of nitriles is 1. The van der Waals surface area contributed by atoms with E-state index in [1.807, 2.05) is 0 Å². The monoisotopic (exact) mass is 341 g/mol. The summed E-state index contributed by atoms with van der Waals surface area (Å²) in [6, 6.07) is 7.64. The summed E-state index contributed by atoms with van der Waals surface area (Å²) in [4.78, 5) is 23.7. The van der Waals surface area contributed by atoms with E-state index in [9.17, 15) is 20.2 Å². The second-order valence-electron chi connectivity index (χ2n) is 5.64. The van der Waals surface area contributed by atoms with Gasteiger partial charge in [-0.1, -0.05) is 6.42 Å². The van der Waals surface area contributed by atoms with Crippen molar-refractivity contribution in [2.24, 2.45) is 0 Å². The number of amides is 1. The second-order valence-corrected chi connectivity index (χ2v) is 6.74. The lowest BCUT2D eigenvalue weighted by Gasteiger charge is -2.04. The van der Waals surface area contributed by atoms with Gasteiger partial charge in [0.15, 0.2) is 0 Å². The first kappa shape index (κ1) is 16.1. The highest BCUT2D eigenvalue weighted by Gasteiger charge is 2.21. The first-order valence-electron chi connectivity index (χ1n) is 7.70. The highest BCUT2D eigenvalue weighted by Crippen LogP contribution is 2.37. The number of nitrogens with zero attached hydrogens (tertiary/aromatic N) is 2. The van der Waals surface area contributed by atoms with Crippen molar-refractivity contribution in [1.29, 1.82) is 5.26 Å². The highest BCUT2D eigenvalue weighted by molar-refractivity contribution is 7.16. The number of anilines is 1. The van der Waals surface area contributed by atoms with Crippen molar-refractivity contribution < 1.29 is 9.72 Å². The summed E-state index contributed by atoms with van der Waals surface area (Å²) < 4.78 is 0. The van der Waals surface area contributed by atoms with Crippen LogP contribution in [0.25, 0.3) is 0 Å².